The number of benzene rings is 1. The summed E-state index contributed by atoms with van der Waals surface area (Å²) in [6.07, 6.45) is 3.94. The van der Waals surface area contributed by atoms with Crippen molar-refractivity contribution in [2.24, 2.45) is 0 Å². The van der Waals surface area contributed by atoms with Crippen molar-refractivity contribution in [3.63, 3.8) is 0 Å². The molecule has 0 unspecified atom stereocenters. The molecule has 27 heavy (non-hydrogen) atoms. The summed E-state index contributed by atoms with van der Waals surface area (Å²) in [7, 11) is -3.08. The maximum Gasteiger partial charge on any atom is 0.332 e. The van der Waals surface area contributed by atoms with Gasteiger partial charge in [-0.25, -0.2) is 4.98 Å². The highest BCUT2D eigenvalue weighted by Crippen LogP contribution is 2.47. The zero-order valence-corrected chi connectivity index (χ0v) is 17.1. The van der Waals surface area contributed by atoms with Crippen molar-refractivity contribution in [3.8, 4) is 0 Å². The van der Waals surface area contributed by atoms with E-state index >= 15 is 0 Å². The smallest absolute Gasteiger partial charge is 0.324 e. The molecule has 2 heterocycles. The Morgan fingerprint density at radius 2 is 1.81 bits per heavy atom. The van der Waals surface area contributed by atoms with Crippen LogP contribution < -0.4 is 0 Å². The van der Waals surface area contributed by atoms with Crippen LogP contribution in [0.15, 0.2) is 24.7 Å². The lowest BCUT2D eigenvalue weighted by Gasteiger charge is -2.16. The molecule has 8 nitrogen and oxygen atoms in total. The van der Waals surface area contributed by atoms with E-state index in [0.29, 0.717) is 26.3 Å². The van der Waals surface area contributed by atoms with E-state index in [0.717, 1.165) is 16.7 Å². The average Bonchev–Trinajstić information content (AvgIpc) is 3.22. The normalized spacial score (nSPS) is 12.1. The zero-order chi connectivity index (χ0) is 19.4. The third-order valence-corrected chi connectivity index (χ3v) is 6.46. The van der Waals surface area contributed by atoms with Gasteiger partial charge in [-0.05, 0) is 51.0 Å². The van der Waals surface area contributed by atoms with Crippen LogP contribution in [0.2, 0.25) is 0 Å². The minimum atomic E-state index is -3.08. The summed E-state index contributed by atoms with van der Waals surface area (Å²) in [5.41, 5.74) is 5.32. The van der Waals surface area contributed by atoms with Crippen LogP contribution in [0.3, 0.4) is 0 Å². The van der Waals surface area contributed by atoms with Crippen LogP contribution in [0.5, 0.6) is 0 Å². The van der Waals surface area contributed by atoms with E-state index in [1.807, 2.05) is 12.5 Å². The minimum Gasteiger partial charge on any atom is -0.324 e. The Labute approximate surface area is 159 Å². The van der Waals surface area contributed by atoms with Crippen molar-refractivity contribution >= 4 is 18.6 Å². The SMILES string of the molecule is CCOP(=O)(CCn1cc(Cn2cnc3cc(C)c(C)cc32)nn1)OCC. The number of nitrogens with zero attached hydrogens (tertiary/aromatic N) is 5. The Kier molecular flexibility index (Phi) is 6.09. The number of hydrogen-bond donors (Lipinski definition) is 0. The minimum absolute atomic E-state index is 0.268. The molecule has 0 amide bonds. The van der Waals surface area contributed by atoms with Crippen LogP contribution >= 0.6 is 7.60 Å². The highest BCUT2D eigenvalue weighted by Gasteiger charge is 2.23. The zero-order valence-electron chi connectivity index (χ0n) is 16.3. The number of imidazole rings is 1. The molecule has 2 aromatic heterocycles. The van der Waals surface area contributed by atoms with Crippen molar-refractivity contribution in [3.05, 3.63) is 41.5 Å². The topological polar surface area (TPSA) is 84.1 Å². The molecule has 1 aromatic carbocycles. The molecule has 0 radical (unpaired) electrons. The van der Waals surface area contributed by atoms with Gasteiger partial charge in [0.25, 0.3) is 0 Å². The van der Waals surface area contributed by atoms with E-state index in [1.165, 1.54) is 11.1 Å². The van der Waals surface area contributed by atoms with Crippen molar-refractivity contribution in [1.82, 2.24) is 24.5 Å². The third-order valence-electron chi connectivity index (χ3n) is 4.41. The highest BCUT2D eigenvalue weighted by atomic mass is 31.2. The van der Waals surface area contributed by atoms with Gasteiger partial charge >= 0.3 is 7.60 Å². The molecule has 9 heteroatoms. The van der Waals surface area contributed by atoms with E-state index in [-0.39, 0.29) is 6.16 Å². The third kappa shape index (κ3) is 4.64. The highest BCUT2D eigenvalue weighted by molar-refractivity contribution is 7.53. The predicted octanol–water partition coefficient (Wildman–Crippen LogP) is 3.56. The summed E-state index contributed by atoms with van der Waals surface area (Å²) >= 11 is 0. The first-order valence-corrected chi connectivity index (χ1v) is 10.9. The Morgan fingerprint density at radius 3 is 2.52 bits per heavy atom. The van der Waals surface area contributed by atoms with Crippen LogP contribution in [0.25, 0.3) is 11.0 Å². The Balaban J connectivity index is 1.69. The van der Waals surface area contributed by atoms with Crippen molar-refractivity contribution in [2.75, 3.05) is 19.4 Å². The molecule has 0 atom stereocenters. The van der Waals surface area contributed by atoms with E-state index in [4.69, 9.17) is 9.05 Å². The van der Waals surface area contributed by atoms with Gasteiger partial charge in [-0.1, -0.05) is 5.21 Å². The molecule has 0 N–H and O–H groups in total. The number of aromatic nitrogens is 5. The van der Waals surface area contributed by atoms with Gasteiger partial charge in [-0.2, -0.15) is 0 Å². The monoisotopic (exact) mass is 391 g/mol. The van der Waals surface area contributed by atoms with Gasteiger partial charge in [0.2, 0.25) is 0 Å². The van der Waals surface area contributed by atoms with Crippen molar-refractivity contribution < 1.29 is 13.6 Å². The Hall–Kier alpha value is -2.02. The molecule has 3 aromatic rings. The molecule has 0 fully saturated rings. The second-order valence-electron chi connectivity index (χ2n) is 6.44. The summed E-state index contributed by atoms with van der Waals surface area (Å²) in [6.45, 7) is 9.50. The molecule has 0 aliphatic carbocycles. The molecular weight excluding hydrogens is 365 g/mol. The molecule has 0 aliphatic heterocycles. The Morgan fingerprint density at radius 1 is 1.11 bits per heavy atom. The average molecular weight is 391 g/mol. The molecule has 146 valence electrons. The lowest BCUT2D eigenvalue weighted by Crippen LogP contribution is -2.08. The second kappa shape index (κ2) is 8.33. The lowest BCUT2D eigenvalue weighted by atomic mass is 10.1. The summed E-state index contributed by atoms with van der Waals surface area (Å²) < 4.78 is 26.9. The van der Waals surface area contributed by atoms with Gasteiger partial charge < -0.3 is 13.6 Å². The van der Waals surface area contributed by atoms with Gasteiger partial charge in [0.15, 0.2) is 0 Å². The molecule has 0 aliphatic rings. The van der Waals surface area contributed by atoms with Gasteiger partial charge in [0.05, 0.1) is 56.0 Å². The quantitative estimate of drug-likeness (QED) is 0.519. The summed E-state index contributed by atoms with van der Waals surface area (Å²) in [5, 5.41) is 8.36. The fourth-order valence-electron chi connectivity index (χ4n) is 2.92. The van der Waals surface area contributed by atoms with Crippen molar-refractivity contribution in [1.29, 1.82) is 0 Å². The molecule has 3 rings (SSSR count). The van der Waals surface area contributed by atoms with E-state index < -0.39 is 7.60 Å². The van der Waals surface area contributed by atoms with Gasteiger partial charge in [0.1, 0.15) is 5.69 Å². The van der Waals surface area contributed by atoms with Gasteiger partial charge in [-0.15, -0.1) is 5.10 Å². The first kappa shape index (κ1) is 19.7. The van der Waals surface area contributed by atoms with Gasteiger partial charge in [0, 0.05) is 0 Å². The summed E-state index contributed by atoms with van der Waals surface area (Å²) in [5.74, 6) is 0. The molecule has 0 spiro atoms. The number of aryl methyl sites for hydroxylation is 3. The van der Waals surface area contributed by atoms with Crippen molar-refractivity contribution in [2.45, 2.75) is 40.8 Å². The molecule has 0 saturated heterocycles. The lowest BCUT2D eigenvalue weighted by molar-refractivity contribution is 0.218. The van der Waals surface area contributed by atoms with E-state index in [1.54, 1.807) is 18.5 Å². The van der Waals surface area contributed by atoms with Crippen LogP contribution in [-0.2, 0) is 26.7 Å². The van der Waals surface area contributed by atoms with Crippen LogP contribution in [0.4, 0.5) is 0 Å². The molecule has 0 saturated carbocycles. The maximum absolute atomic E-state index is 12.5. The summed E-state index contributed by atoms with van der Waals surface area (Å²) in [4.78, 5) is 4.47. The fraction of sp³-hybridized carbons (Fsp3) is 0.500. The van der Waals surface area contributed by atoms with Crippen LogP contribution in [0.1, 0.15) is 30.7 Å². The fourth-order valence-corrected chi connectivity index (χ4v) is 4.49. The maximum atomic E-state index is 12.5. The molecular formula is C18H26N5O3P. The first-order chi connectivity index (χ1) is 12.9. The molecule has 0 bridgehead atoms. The van der Waals surface area contributed by atoms with E-state index in [2.05, 4.69) is 45.8 Å². The largest absolute Gasteiger partial charge is 0.332 e. The standard InChI is InChI=1S/C18H26N5O3P/c1-5-25-27(24,26-6-2)8-7-23-12-16(20-21-23)11-22-13-19-17-9-14(3)15(4)10-18(17)22/h9-10,12-13H,5-8,11H2,1-4H3. The number of fused-ring (bicyclic) bond motifs is 1. The number of rotatable bonds is 9. The van der Waals surface area contributed by atoms with Crippen LogP contribution in [0, 0.1) is 13.8 Å². The van der Waals surface area contributed by atoms with Gasteiger partial charge in [-0.3, -0.25) is 9.25 Å². The predicted molar refractivity (Wildman–Crippen MR) is 104 cm³/mol. The van der Waals surface area contributed by atoms with Crippen LogP contribution in [-0.4, -0.2) is 43.9 Å². The number of hydrogen-bond acceptors (Lipinski definition) is 6. The first-order valence-electron chi connectivity index (χ1n) is 9.13. The summed E-state index contributed by atoms with van der Waals surface area (Å²) in [6, 6.07) is 4.24. The second-order valence-corrected chi connectivity index (χ2v) is 8.63. The Bertz CT molecular complexity index is 955. The van der Waals surface area contributed by atoms with E-state index in [9.17, 15) is 4.57 Å².